The molecule has 0 radical (unpaired) electrons. The van der Waals surface area contributed by atoms with Crippen molar-refractivity contribution in [3.05, 3.63) is 79.6 Å². The minimum Gasteiger partial charge on any atom is -0.277 e. The molecule has 0 atom stereocenters. The normalized spacial score (nSPS) is 11.6. The molecule has 22 heavy (non-hydrogen) atoms. The van der Waals surface area contributed by atoms with E-state index in [0.717, 1.165) is 33.9 Å². The van der Waals surface area contributed by atoms with Crippen molar-refractivity contribution in [2.75, 3.05) is 0 Å². The van der Waals surface area contributed by atoms with Gasteiger partial charge in [0.25, 0.3) is 0 Å². The lowest BCUT2D eigenvalue weighted by atomic mass is 10.2. The second-order valence-corrected chi connectivity index (χ2v) is 4.80. The molecule has 0 spiro atoms. The highest BCUT2D eigenvalue weighted by Crippen LogP contribution is 2.26. The largest absolute Gasteiger partial charge is 0.277 e. The summed E-state index contributed by atoms with van der Waals surface area (Å²) < 4.78 is 2.01. The van der Waals surface area contributed by atoms with E-state index in [0.29, 0.717) is 0 Å². The third kappa shape index (κ3) is 2.24. The van der Waals surface area contributed by atoms with E-state index >= 15 is 0 Å². The Hall–Kier alpha value is -3.01. The van der Waals surface area contributed by atoms with Crippen molar-refractivity contribution in [3.8, 4) is 5.69 Å². The van der Waals surface area contributed by atoms with Gasteiger partial charge in [0.05, 0.1) is 5.69 Å². The minimum absolute atomic E-state index is 0.778. The van der Waals surface area contributed by atoms with Gasteiger partial charge in [-0.1, -0.05) is 49.6 Å². The molecule has 2 aromatic heterocycles. The van der Waals surface area contributed by atoms with Crippen molar-refractivity contribution >= 4 is 16.7 Å². The Bertz CT molecular complexity index is 873. The molecule has 0 unspecified atom stereocenters. The number of aromatic nitrogens is 4. The van der Waals surface area contributed by atoms with Crippen molar-refractivity contribution < 1.29 is 0 Å². The van der Waals surface area contributed by atoms with Crippen molar-refractivity contribution in [2.45, 2.75) is 6.92 Å². The summed E-state index contributed by atoms with van der Waals surface area (Å²) in [6.45, 7) is 9.57. The van der Waals surface area contributed by atoms with Crippen LogP contribution in [0.15, 0.2) is 68.0 Å². The summed E-state index contributed by atoms with van der Waals surface area (Å²) in [6.07, 6.45) is 6.94. The molecule has 0 saturated carbocycles. The Morgan fingerprint density at radius 3 is 2.59 bits per heavy atom. The zero-order chi connectivity index (χ0) is 15.5. The van der Waals surface area contributed by atoms with Crippen LogP contribution in [0.5, 0.6) is 0 Å². The zero-order valence-corrected chi connectivity index (χ0v) is 12.4. The van der Waals surface area contributed by atoms with Gasteiger partial charge in [0.2, 0.25) is 0 Å². The van der Waals surface area contributed by atoms with Gasteiger partial charge < -0.3 is 0 Å². The lowest BCUT2D eigenvalue weighted by Gasteiger charge is -2.08. The number of hydrogen-bond acceptors (Lipinski definition) is 3. The maximum Gasteiger partial charge on any atom is 0.168 e. The van der Waals surface area contributed by atoms with E-state index in [2.05, 4.69) is 23.1 Å². The van der Waals surface area contributed by atoms with Crippen LogP contribution in [0.1, 0.15) is 11.5 Å². The first-order valence-electron chi connectivity index (χ1n) is 6.97. The van der Waals surface area contributed by atoms with Crippen LogP contribution in [0, 0.1) is 6.92 Å². The number of benzene rings is 1. The molecule has 4 nitrogen and oxygen atoms in total. The highest BCUT2D eigenvalue weighted by Gasteiger charge is 2.16. The minimum atomic E-state index is 0.778. The van der Waals surface area contributed by atoms with Gasteiger partial charge >= 0.3 is 0 Å². The number of aryl methyl sites for hydroxylation is 1. The maximum atomic E-state index is 4.73. The zero-order valence-electron chi connectivity index (χ0n) is 12.4. The Balaban J connectivity index is 2.41. The van der Waals surface area contributed by atoms with Crippen molar-refractivity contribution in [1.82, 2.24) is 19.5 Å². The van der Waals surface area contributed by atoms with Gasteiger partial charge in [-0.25, -0.2) is 15.0 Å². The summed E-state index contributed by atoms with van der Waals surface area (Å²) in [7, 11) is 0. The molecule has 0 aliphatic heterocycles. The third-order valence-corrected chi connectivity index (χ3v) is 3.42. The molecular weight excluding hydrogens is 272 g/mol. The molecule has 0 bridgehead atoms. The number of hydrogen-bond donors (Lipinski definition) is 0. The topological polar surface area (TPSA) is 43.6 Å². The quantitative estimate of drug-likeness (QED) is 0.684. The lowest BCUT2D eigenvalue weighted by Crippen LogP contribution is -2.01. The highest BCUT2D eigenvalue weighted by molar-refractivity contribution is 5.83. The monoisotopic (exact) mass is 288 g/mol. The van der Waals surface area contributed by atoms with Gasteiger partial charge in [-0.3, -0.25) is 4.57 Å². The van der Waals surface area contributed by atoms with Gasteiger partial charge in [-0.05, 0) is 19.1 Å². The first kappa shape index (κ1) is 13.9. The number of imidazole rings is 1. The van der Waals surface area contributed by atoms with Gasteiger partial charge in [0, 0.05) is 11.3 Å². The van der Waals surface area contributed by atoms with E-state index in [1.165, 1.54) is 0 Å². The number of rotatable bonds is 4. The summed E-state index contributed by atoms with van der Waals surface area (Å²) in [4.78, 5) is 13.4. The van der Waals surface area contributed by atoms with E-state index in [9.17, 15) is 0 Å². The van der Waals surface area contributed by atoms with Crippen LogP contribution >= 0.6 is 0 Å². The molecule has 3 rings (SSSR count). The molecule has 0 aliphatic rings. The predicted molar refractivity (Wildman–Crippen MR) is 89.8 cm³/mol. The van der Waals surface area contributed by atoms with Crippen LogP contribution in [0.4, 0.5) is 0 Å². The van der Waals surface area contributed by atoms with Crippen LogP contribution in [-0.4, -0.2) is 19.5 Å². The molecule has 0 N–H and O–H groups in total. The summed E-state index contributed by atoms with van der Waals surface area (Å²) >= 11 is 0. The molecule has 0 fully saturated rings. The molecule has 108 valence electrons. The van der Waals surface area contributed by atoms with E-state index in [4.69, 9.17) is 4.98 Å². The molecule has 0 amide bonds. The summed E-state index contributed by atoms with van der Waals surface area (Å²) in [5.74, 6) is 0.778. The Labute approximate surface area is 129 Å². The predicted octanol–water partition coefficient (Wildman–Crippen LogP) is 3.88. The van der Waals surface area contributed by atoms with Crippen molar-refractivity contribution in [3.63, 3.8) is 0 Å². The first-order chi connectivity index (χ1) is 10.8. The fraction of sp³-hybridized carbons (Fsp3) is 0.0556. The summed E-state index contributed by atoms with van der Waals surface area (Å²) in [5, 5.41) is 0. The Kier molecular flexibility index (Phi) is 3.66. The maximum absolute atomic E-state index is 4.73. The van der Waals surface area contributed by atoms with E-state index in [1.54, 1.807) is 18.5 Å². The smallest absolute Gasteiger partial charge is 0.168 e. The van der Waals surface area contributed by atoms with E-state index in [1.807, 2.05) is 47.9 Å². The number of allylic oxidation sites excluding steroid dienone is 4. The van der Waals surface area contributed by atoms with E-state index < -0.39 is 0 Å². The molecular formula is C18H16N4. The molecule has 0 aliphatic carbocycles. The number of nitrogens with zero attached hydrogens (tertiary/aromatic N) is 4. The first-order valence-corrected chi connectivity index (χ1v) is 6.97. The molecule has 0 saturated heterocycles. The van der Waals surface area contributed by atoms with E-state index in [-0.39, 0.29) is 0 Å². The van der Waals surface area contributed by atoms with Crippen molar-refractivity contribution in [1.29, 1.82) is 0 Å². The highest BCUT2D eigenvalue weighted by atomic mass is 15.1. The fourth-order valence-corrected chi connectivity index (χ4v) is 2.38. The second kappa shape index (κ2) is 5.77. The average molecular weight is 288 g/mol. The van der Waals surface area contributed by atoms with Gasteiger partial charge in [0.1, 0.15) is 17.7 Å². The van der Waals surface area contributed by atoms with Crippen LogP contribution < -0.4 is 0 Å². The molecule has 2 heterocycles. The lowest BCUT2D eigenvalue weighted by molar-refractivity contribution is 1.03. The fourth-order valence-electron chi connectivity index (χ4n) is 2.38. The standard InChI is InChI=1S/C18H16N4/c1-4-9-14(5-2)17-21-16-13(3)19-12-20-18(16)22(17)15-10-7-6-8-11-15/h4-12H,1-2H2,3H3/b14-9+. The Morgan fingerprint density at radius 2 is 1.91 bits per heavy atom. The average Bonchev–Trinajstić information content (AvgIpc) is 2.94. The van der Waals surface area contributed by atoms with Crippen LogP contribution in [0.2, 0.25) is 0 Å². The summed E-state index contributed by atoms with van der Waals surface area (Å²) in [5.41, 5.74) is 4.30. The van der Waals surface area contributed by atoms with Gasteiger partial charge in [-0.15, -0.1) is 0 Å². The molecule has 3 aromatic rings. The van der Waals surface area contributed by atoms with Crippen molar-refractivity contribution in [2.24, 2.45) is 0 Å². The third-order valence-electron chi connectivity index (χ3n) is 3.42. The van der Waals surface area contributed by atoms with Gasteiger partial charge in [0.15, 0.2) is 5.65 Å². The van der Waals surface area contributed by atoms with Crippen LogP contribution in [0.25, 0.3) is 22.4 Å². The summed E-state index contributed by atoms with van der Waals surface area (Å²) in [6, 6.07) is 10.0. The number of para-hydroxylation sites is 1. The SMILES string of the molecule is C=C/C=C(\C=C)c1nc2c(C)ncnc2n1-c1ccccc1. The van der Waals surface area contributed by atoms with Crippen LogP contribution in [-0.2, 0) is 0 Å². The van der Waals surface area contributed by atoms with Crippen LogP contribution in [0.3, 0.4) is 0 Å². The second-order valence-electron chi connectivity index (χ2n) is 4.80. The molecule has 4 heteroatoms. The number of fused-ring (bicyclic) bond motifs is 1. The molecule has 1 aromatic carbocycles. The van der Waals surface area contributed by atoms with Gasteiger partial charge in [-0.2, -0.15) is 0 Å². The Morgan fingerprint density at radius 1 is 1.14 bits per heavy atom.